The number of rotatable bonds is 2. The maximum atomic E-state index is 13.7. The second kappa shape index (κ2) is 5.45. The van der Waals surface area contributed by atoms with Crippen molar-refractivity contribution in [3.63, 3.8) is 0 Å². The fraction of sp³-hybridized carbons (Fsp3) is 0.450. The number of alkyl halides is 3. The molecule has 4 rings (SSSR count). The summed E-state index contributed by atoms with van der Waals surface area (Å²) in [4.78, 5) is 0. The number of benzene rings is 1. The highest BCUT2D eigenvalue weighted by Crippen LogP contribution is 2.64. The van der Waals surface area contributed by atoms with Gasteiger partial charge in [0.2, 0.25) is 11.8 Å². The first-order valence-electron chi connectivity index (χ1n) is 9.00. The second-order valence-corrected chi connectivity index (χ2v) is 7.75. The third-order valence-electron chi connectivity index (χ3n) is 5.99. The lowest BCUT2D eigenvalue weighted by atomic mass is 9.80. The number of halogens is 3. The van der Waals surface area contributed by atoms with Crippen molar-refractivity contribution in [1.29, 1.82) is 5.26 Å². The average molecular weight is 392 g/mol. The third kappa shape index (κ3) is 2.17. The highest BCUT2D eigenvalue weighted by molar-refractivity contribution is 5.64. The topological polar surface area (TPSA) is 78.4 Å². The zero-order valence-corrected chi connectivity index (χ0v) is 15.6. The molecule has 2 N–H and O–H groups in total. The van der Waals surface area contributed by atoms with Gasteiger partial charge in [0, 0.05) is 0 Å². The molecular formula is C20H19F3N2O3. The summed E-state index contributed by atoms with van der Waals surface area (Å²) in [5.41, 5.74) is -2.46. The van der Waals surface area contributed by atoms with E-state index < -0.39 is 28.5 Å². The molecule has 3 heterocycles. The highest BCUT2D eigenvalue weighted by Gasteiger charge is 2.59. The van der Waals surface area contributed by atoms with Crippen molar-refractivity contribution in [3.8, 4) is 23.5 Å². The summed E-state index contributed by atoms with van der Waals surface area (Å²) in [5.74, 6) is -0.656. The molecule has 0 radical (unpaired) electrons. The average Bonchev–Trinajstić information content (AvgIpc) is 3.16. The molecule has 2 aromatic rings. The van der Waals surface area contributed by atoms with Crippen LogP contribution in [0.5, 0.6) is 11.8 Å². The van der Waals surface area contributed by atoms with Crippen molar-refractivity contribution in [1.82, 2.24) is 4.57 Å². The molecule has 1 fully saturated rings. The summed E-state index contributed by atoms with van der Waals surface area (Å²) in [6.07, 6.45) is -3.51. The molecule has 0 unspecified atom stereocenters. The van der Waals surface area contributed by atoms with Crippen molar-refractivity contribution < 1.29 is 28.1 Å². The number of hydrogen-bond donors (Lipinski definition) is 2. The fourth-order valence-electron chi connectivity index (χ4n) is 4.83. The van der Waals surface area contributed by atoms with Gasteiger partial charge in [-0.1, -0.05) is 6.92 Å². The van der Waals surface area contributed by atoms with Gasteiger partial charge in [-0.25, -0.2) is 0 Å². The molecule has 1 aromatic carbocycles. The first-order valence-corrected chi connectivity index (χ1v) is 9.00. The van der Waals surface area contributed by atoms with Gasteiger partial charge in [0.25, 0.3) is 0 Å². The van der Waals surface area contributed by atoms with Gasteiger partial charge in [-0.3, -0.25) is 4.57 Å². The number of aromatic hydroxyl groups is 2. The number of nitriles is 1. The number of hydrogen-bond acceptors (Lipinski definition) is 4. The summed E-state index contributed by atoms with van der Waals surface area (Å²) in [5, 5.41) is 30.9. The van der Waals surface area contributed by atoms with Crippen LogP contribution in [0.25, 0.3) is 5.69 Å². The first-order chi connectivity index (χ1) is 13.0. The van der Waals surface area contributed by atoms with Crippen molar-refractivity contribution in [2.45, 2.75) is 57.4 Å². The predicted octanol–water partition coefficient (Wildman–Crippen LogP) is 4.60. The number of aromatic nitrogens is 1. The molecule has 0 amide bonds. The first kappa shape index (κ1) is 18.7. The minimum Gasteiger partial charge on any atom is -0.494 e. The zero-order valence-electron chi connectivity index (χ0n) is 15.6. The SMILES string of the molecule is CCc1c(-n2c(O)c3c(c2O)[C@]2(C)CC[C@@]3(C)O2)ccc(C#N)c1C(F)(F)F. The molecule has 0 spiro atoms. The Hall–Kier alpha value is -2.66. The van der Waals surface area contributed by atoms with Gasteiger partial charge in [0.05, 0.1) is 45.2 Å². The smallest absolute Gasteiger partial charge is 0.418 e. The molecule has 5 nitrogen and oxygen atoms in total. The molecule has 0 aliphatic carbocycles. The molecule has 1 saturated heterocycles. The lowest BCUT2D eigenvalue weighted by Gasteiger charge is -2.23. The van der Waals surface area contributed by atoms with Crippen LogP contribution in [0.3, 0.4) is 0 Å². The van der Waals surface area contributed by atoms with Crippen LogP contribution in [0.1, 0.15) is 61.4 Å². The Balaban J connectivity index is 2.05. The molecule has 2 atom stereocenters. The van der Waals surface area contributed by atoms with Crippen LogP contribution < -0.4 is 0 Å². The lowest BCUT2D eigenvalue weighted by Crippen LogP contribution is -2.18. The minimum atomic E-state index is -4.74. The Bertz CT molecular complexity index is 1010. The predicted molar refractivity (Wildman–Crippen MR) is 93.2 cm³/mol. The zero-order chi connectivity index (χ0) is 20.6. The Morgan fingerprint density at radius 2 is 1.68 bits per heavy atom. The minimum absolute atomic E-state index is 0.00447. The Morgan fingerprint density at radius 3 is 2.11 bits per heavy atom. The van der Waals surface area contributed by atoms with E-state index in [-0.39, 0.29) is 29.4 Å². The summed E-state index contributed by atoms with van der Waals surface area (Å²) < 4.78 is 48.1. The van der Waals surface area contributed by atoms with Crippen LogP contribution in [-0.4, -0.2) is 14.8 Å². The van der Waals surface area contributed by atoms with E-state index in [0.29, 0.717) is 24.0 Å². The quantitative estimate of drug-likeness (QED) is 0.783. The molecule has 1 aromatic heterocycles. The fourth-order valence-corrected chi connectivity index (χ4v) is 4.83. The van der Waals surface area contributed by atoms with E-state index in [4.69, 9.17) is 10.00 Å². The third-order valence-corrected chi connectivity index (χ3v) is 5.99. The summed E-state index contributed by atoms with van der Waals surface area (Å²) in [6.45, 7) is 5.14. The van der Waals surface area contributed by atoms with Gasteiger partial charge in [0.15, 0.2) is 0 Å². The van der Waals surface area contributed by atoms with Crippen LogP contribution in [-0.2, 0) is 28.5 Å². The molecule has 0 saturated carbocycles. The van der Waals surface area contributed by atoms with E-state index in [1.54, 1.807) is 19.9 Å². The van der Waals surface area contributed by atoms with Gasteiger partial charge >= 0.3 is 6.18 Å². The van der Waals surface area contributed by atoms with Crippen molar-refractivity contribution >= 4 is 0 Å². The van der Waals surface area contributed by atoms with E-state index >= 15 is 0 Å². The van der Waals surface area contributed by atoms with E-state index in [1.165, 1.54) is 13.0 Å². The molecule has 8 heteroatoms. The van der Waals surface area contributed by atoms with Crippen LogP contribution in [0.15, 0.2) is 12.1 Å². The van der Waals surface area contributed by atoms with Crippen LogP contribution >= 0.6 is 0 Å². The number of ether oxygens (including phenoxy) is 1. The second-order valence-electron chi connectivity index (χ2n) is 7.75. The highest BCUT2D eigenvalue weighted by atomic mass is 19.4. The standard InChI is InChI=1S/C20H19F3N2O3/c1-4-11-12(6-5-10(9-24)13(11)20(21,22)23)25-16(26)14-15(17(25)27)19(3)8-7-18(14,2)28-19/h5-6,26-27H,4,7-8H2,1-3H3/t18-,19+. The monoisotopic (exact) mass is 392 g/mol. The maximum absolute atomic E-state index is 13.7. The van der Waals surface area contributed by atoms with Crippen molar-refractivity contribution in [2.24, 2.45) is 0 Å². The van der Waals surface area contributed by atoms with Gasteiger partial charge < -0.3 is 14.9 Å². The van der Waals surface area contributed by atoms with Crippen LogP contribution in [0.4, 0.5) is 13.2 Å². The normalized spacial score (nSPS) is 25.8. The van der Waals surface area contributed by atoms with Gasteiger partial charge in [-0.2, -0.15) is 18.4 Å². The Morgan fingerprint density at radius 1 is 1.14 bits per heavy atom. The molecule has 2 aliphatic rings. The molecule has 2 aliphatic heterocycles. The summed E-state index contributed by atoms with van der Waals surface area (Å²) in [7, 11) is 0. The largest absolute Gasteiger partial charge is 0.494 e. The summed E-state index contributed by atoms with van der Waals surface area (Å²) >= 11 is 0. The van der Waals surface area contributed by atoms with Crippen LogP contribution in [0.2, 0.25) is 0 Å². The van der Waals surface area contributed by atoms with E-state index in [1.807, 2.05) is 0 Å². The van der Waals surface area contributed by atoms with Crippen LogP contribution in [0, 0.1) is 11.3 Å². The van der Waals surface area contributed by atoms with E-state index in [0.717, 1.165) is 10.6 Å². The van der Waals surface area contributed by atoms with E-state index in [9.17, 15) is 23.4 Å². The molecule has 28 heavy (non-hydrogen) atoms. The maximum Gasteiger partial charge on any atom is 0.418 e. The van der Waals surface area contributed by atoms with Gasteiger partial charge in [-0.05, 0) is 50.8 Å². The lowest BCUT2D eigenvalue weighted by molar-refractivity contribution is -0.138. The molecular weight excluding hydrogens is 373 g/mol. The Kier molecular flexibility index (Phi) is 3.64. The molecule has 2 bridgehead atoms. The van der Waals surface area contributed by atoms with Gasteiger partial charge in [-0.15, -0.1) is 0 Å². The summed E-state index contributed by atoms with van der Waals surface area (Å²) in [6, 6.07) is 3.98. The van der Waals surface area contributed by atoms with E-state index in [2.05, 4.69) is 0 Å². The van der Waals surface area contributed by atoms with Crippen molar-refractivity contribution in [2.75, 3.05) is 0 Å². The van der Waals surface area contributed by atoms with Crippen molar-refractivity contribution in [3.05, 3.63) is 39.9 Å². The number of nitrogens with zero attached hydrogens (tertiary/aromatic N) is 2. The number of fused-ring (bicyclic) bond motifs is 5. The Labute approximate surface area is 159 Å². The molecule has 148 valence electrons. The van der Waals surface area contributed by atoms with Gasteiger partial charge in [0.1, 0.15) is 0 Å².